The van der Waals surface area contributed by atoms with Crippen LogP contribution in [-0.2, 0) is 16.6 Å². The lowest BCUT2D eigenvalue weighted by molar-refractivity contribution is 0.301. The summed E-state index contributed by atoms with van der Waals surface area (Å²) in [5.74, 6) is 0.557. The quantitative estimate of drug-likeness (QED) is 0.650. The third kappa shape index (κ3) is 4.80. The molecule has 0 fully saturated rings. The molecule has 25 heavy (non-hydrogen) atoms. The second-order valence-corrected chi connectivity index (χ2v) is 7.80. The minimum atomic E-state index is -3.65. The summed E-state index contributed by atoms with van der Waals surface area (Å²) in [7, 11) is -3.65. The maximum Gasteiger partial charge on any atom is 0.261 e. The van der Waals surface area contributed by atoms with Gasteiger partial charge in [0.1, 0.15) is 12.4 Å². The molecule has 3 rings (SSSR count). The first-order chi connectivity index (χ1) is 12.0. The van der Waals surface area contributed by atoms with E-state index >= 15 is 0 Å². The van der Waals surface area contributed by atoms with Crippen LogP contribution in [-0.4, -0.2) is 13.4 Å². The number of pyridine rings is 1. The van der Waals surface area contributed by atoms with Gasteiger partial charge in [-0.25, -0.2) is 8.42 Å². The topological polar surface area (TPSA) is 68.3 Å². The summed E-state index contributed by atoms with van der Waals surface area (Å²) in [6.45, 7) is 0.309. The molecule has 0 spiro atoms. The number of nitrogens with one attached hydrogen (secondary N) is 1. The lowest BCUT2D eigenvalue weighted by Crippen LogP contribution is -2.12. The molecular formula is C18H15BrN2O3S. The third-order valence-electron chi connectivity index (χ3n) is 3.32. The molecule has 0 saturated carbocycles. The van der Waals surface area contributed by atoms with E-state index < -0.39 is 10.0 Å². The van der Waals surface area contributed by atoms with Crippen molar-refractivity contribution in [3.8, 4) is 5.75 Å². The number of ether oxygens (including phenoxy) is 1. The van der Waals surface area contributed by atoms with Crippen LogP contribution in [0.1, 0.15) is 5.69 Å². The molecule has 5 nitrogen and oxygen atoms in total. The molecule has 0 bridgehead atoms. The fourth-order valence-electron chi connectivity index (χ4n) is 2.12. The minimum Gasteiger partial charge on any atom is -0.487 e. The Labute approximate surface area is 154 Å². The molecule has 0 aliphatic carbocycles. The molecule has 1 heterocycles. The highest BCUT2D eigenvalue weighted by molar-refractivity contribution is 9.10. The molecule has 0 radical (unpaired) electrons. The SMILES string of the molecule is O=S(=O)(Nc1cccc(OCc2ccccn2)c1)c1ccc(Br)cc1. The van der Waals surface area contributed by atoms with Crippen molar-refractivity contribution in [2.75, 3.05) is 4.72 Å². The summed E-state index contributed by atoms with van der Waals surface area (Å²) in [5.41, 5.74) is 1.23. The van der Waals surface area contributed by atoms with Crippen molar-refractivity contribution in [3.05, 3.63) is 83.1 Å². The molecule has 0 amide bonds. The number of hydrogen-bond donors (Lipinski definition) is 1. The zero-order valence-corrected chi connectivity index (χ0v) is 15.5. The van der Waals surface area contributed by atoms with Crippen LogP contribution in [0.3, 0.4) is 0 Å². The highest BCUT2D eigenvalue weighted by atomic mass is 79.9. The number of nitrogens with zero attached hydrogens (tertiary/aromatic N) is 1. The van der Waals surface area contributed by atoms with Gasteiger partial charge in [-0.1, -0.05) is 28.1 Å². The van der Waals surface area contributed by atoms with E-state index in [1.54, 1.807) is 42.6 Å². The van der Waals surface area contributed by atoms with E-state index in [1.807, 2.05) is 18.2 Å². The maximum atomic E-state index is 12.4. The molecular weight excluding hydrogens is 404 g/mol. The molecule has 0 atom stereocenters. The van der Waals surface area contributed by atoms with Gasteiger partial charge in [0, 0.05) is 16.7 Å². The van der Waals surface area contributed by atoms with E-state index in [2.05, 4.69) is 25.6 Å². The van der Waals surface area contributed by atoms with Crippen LogP contribution in [0, 0.1) is 0 Å². The van der Waals surface area contributed by atoms with Crippen LogP contribution in [0.4, 0.5) is 5.69 Å². The van der Waals surface area contributed by atoms with E-state index in [-0.39, 0.29) is 4.90 Å². The highest BCUT2D eigenvalue weighted by Crippen LogP contribution is 2.22. The van der Waals surface area contributed by atoms with Gasteiger partial charge >= 0.3 is 0 Å². The van der Waals surface area contributed by atoms with Crippen molar-refractivity contribution in [2.24, 2.45) is 0 Å². The molecule has 2 aromatic carbocycles. The van der Waals surface area contributed by atoms with Gasteiger partial charge in [0.2, 0.25) is 0 Å². The van der Waals surface area contributed by atoms with Crippen molar-refractivity contribution in [1.82, 2.24) is 4.98 Å². The summed E-state index contributed by atoms with van der Waals surface area (Å²) < 4.78 is 33.9. The van der Waals surface area contributed by atoms with Crippen molar-refractivity contribution < 1.29 is 13.2 Å². The molecule has 0 aliphatic heterocycles. The van der Waals surface area contributed by atoms with Crippen molar-refractivity contribution in [1.29, 1.82) is 0 Å². The van der Waals surface area contributed by atoms with Crippen LogP contribution >= 0.6 is 15.9 Å². The zero-order valence-electron chi connectivity index (χ0n) is 13.1. The van der Waals surface area contributed by atoms with Gasteiger partial charge in [0.25, 0.3) is 10.0 Å². The Balaban J connectivity index is 1.72. The summed E-state index contributed by atoms with van der Waals surface area (Å²) in [6, 6.07) is 18.8. The zero-order chi connectivity index (χ0) is 17.7. The molecule has 0 aliphatic rings. The van der Waals surface area contributed by atoms with Gasteiger partial charge in [-0.15, -0.1) is 0 Å². The van der Waals surface area contributed by atoms with Gasteiger partial charge in [-0.05, 0) is 48.5 Å². The Kier molecular flexibility index (Phi) is 5.35. The van der Waals surface area contributed by atoms with Crippen LogP contribution < -0.4 is 9.46 Å². The van der Waals surface area contributed by atoms with Crippen LogP contribution in [0.5, 0.6) is 5.75 Å². The number of hydrogen-bond acceptors (Lipinski definition) is 4. The average Bonchev–Trinajstić information content (AvgIpc) is 2.61. The van der Waals surface area contributed by atoms with E-state index in [0.717, 1.165) is 10.2 Å². The second-order valence-electron chi connectivity index (χ2n) is 5.20. The second kappa shape index (κ2) is 7.67. The summed E-state index contributed by atoms with van der Waals surface area (Å²) in [6.07, 6.45) is 1.70. The van der Waals surface area contributed by atoms with Crippen molar-refractivity contribution >= 4 is 31.6 Å². The van der Waals surface area contributed by atoms with Crippen LogP contribution in [0.2, 0.25) is 0 Å². The van der Waals surface area contributed by atoms with E-state index in [9.17, 15) is 8.42 Å². The smallest absolute Gasteiger partial charge is 0.261 e. The standard InChI is InChI=1S/C18H15BrN2O3S/c19-14-7-9-18(10-8-14)25(22,23)21-15-5-3-6-17(12-15)24-13-16-4-1-2-11-20-16/h1-12,21H,13H2. The predicted octanol–water partition coefficient (Wildman–Crippen LogP) is 4.22. The number of rotatable bonds is 6. The fourth-order valence-corrected chi connectivity index (χ4v) is 3.43. The Morgan fingerprint density at radius 2 is 1.80 bits per heavy atom. The molecule has 128 valence electrons. The van der Waals surface area contributed by atoms with E-state index in [4.69, 9.17) is 4.74 Å². The Bertz CT molecular complexity index is 946. The number of anilines is 1. The van der Waals surface area contributed by atoms with Gasteiger partial charge in [0.05, 0.1) is 16.3 Å². The number of halogens is 1. The molecule has 0 unspecified atom stereocenters. The van der Waals surface area contributed by atoms with E-state index in [0.29, 0.717) is 18.0 Å². The van der Waals surface area contributed by atoms with Crippen molar-refractivity contribution in [2.45, 2.75) is 11.5 Å². The highest BCUT2D eigenvalue weighted by Gasteiger charge is 2.14. The molecule has 3 aromatic rings. The lowest BCUT2D eigenvalue weighted by atomic mass is 10.3. The first-order valence-electron chi connectivity index (χ1n) is 7.44. The summed E-state index contributed by atoms with van der Waals surface area (Å²) >= 11 is 3.29. The van der Waals surface area contributed by atoms with Gasteiger partial charge in [-0.2, -0.15) is 0 Å². The maximum absolute atomic E-state index is 12.4. The molecule has 0 saturated heterocycles. The summed E-state index contributed by atoms with van der Waals surface area (Å²) in [5, 5.41) is 0. The molecule has 1 N–H and O–H groups in total. The van der Waals surface area contributed by atoms with Crippen LogP contribution in [0.25, 0.3) is 0 Å². The fraction of sp³-hybridized carbons (Fsp3) is 0.0556. The van der Waals surface area contributed by atoms with E-state index in [1.165, 1.54) is 12.1 Å². The molecule has 7 heteroatoms. The summed E-state index contributed by atoms with van der Waals surface area (Å²) in [4.78, 5) is 4.37. The van der Waals surface area contributed by atoms with Crippen LogP contribution in [0.15, 0.2) is 82.3 Å². The number of aromatic nitrogens is 1. The first-order valence-corrected chi connectivity index (χ1v) is 9.72. The normalized spacial score (nSPS) is 11.1. The Morgan fingerprint density at radius 1 is 1.00 bits per heavy atom. The first kappa shape index (κ1) is 17.4. The predicted molar refractivity (Wildman–Crippen MR) is 100.0 cm³/mol. The van der Waals surface area contributed by atoms with Crippen molar-refractivity contribution in [3.63, 3.8) is 0 Å². The minimum absolute atomic E-state index is 0.190. The average molecular weight is 419 g/mol. The third-order valence-corrected chi connectivity index (χ3v) is 5.25. The van der Waals surface area contributed by atoms with Gasteiger partial charge < -0.3 is 4.74 Å². The lowest BCUT2D eigenvalue weighted by Gasteiger charge is -2.10. The monoisotopic (exact) mass is 418 g/mol. The number of sulfonamides is 1. The Morgan fingerprint density at radius 3 is 2.52 bits per heavy atom. The largest absolute Gasteiger partial charge is 0.487 e. The van der Waals surface area contributed by atoms with Gasteiger partial charge in [0.15, 0.2) is 0 Å². The Hall–Kier alpha value is -2.38. The molecule has 1 aromatic heterocycles. The number of benzene rings is 2. The van der Waals surface area contributed by atoms with Gasteiger partial charge in [-0.3, -0.25) is 9.71 Å².